The summed E-state index contributed by atoms with van der Waals surface area (Å²) in [7, 11) is 1.56. The predicted molar refractivity (Wildman–Crippen MR) is 88.9 cm³/mol. The summed E-state index contributed by atoms with van der Waals surface area (Å²) >= 11 is 0. The second kappa shape index (κ2) is 11.7. The fourth-order valence-corrected chi connectivity index (χ4v) is 2.54. The van der Waals surface area contributed by atoms with Crippen molar-refractivity contribution in [3.05, 3.63) is 0 Å². The number of rotatable bonds is 8. The Morgan fingerprint density at radius 2 is 2.18 bits per heavy atom. The van der Waals surface area contributed by atoms with Crippen LogP contribution in [0.3, 0.4) is 0 Å². The van der Waals surface area contributed by atoms with E-state index in [1.54, 1.807) is 12.0 Å². The topological polar surface area (TPSA) is 84.7 Å². The molecule has 0 radical (unpaired) electrons. The minimum atomic E-state index is -0.240. The Hall–Kier alpha value is -0.850. The van der Waals surface area contributed by atoms with E-state index in [1.165, 1.54) is 0 Å². The van der Waals surface area contributed by atoms with Crippen molar-refractivity contribution in [3.63, 3.8) is 0 Å². The van der Waals surface area contributed by atoms with Crippen molar-refractivity contribution < 1.29 is 14.3 Å². The van der Waals surface area contributed by atoms with Crippen LogP contribution >= 0.6 is 12.4 Å². The van der Waals surface area contributed by atoms with Gasteiger partial charge in [-0.15, -0.1) is 12.4 Å². The lowest BCUT2D eigenvalue weighted by Crippen LogP contribution is -2.46. The van der Waals surface area contributed by atoms with Gasteiger partial charge < -0.3 is 20.7 Å². The number of piperidine rings is 1. The smallest absolute Gasteiger partial charge is 0.225 e. The Balaban J connectivity index is 0.00000441. The molecule has 1 aliphatic rings. The maximum absolute atomic E-state index is 12.2. The molecule has 0 bridgehead atoms. The first kappa shape index (κ1) is 21.1. The molecule has 1 aliphatic heterocycles. The zero-order valence-electron chi connectivity index (χ0n) is 13.7. The van der Waals surface area contributed by atoms with Crippen molar-refractivity contribution >= 4 is 24.2 Å². The van der Waals surface area contributed by atoms with Crippen LogP contribution in [0.25, 0.3) is 0 Å². The summed E-state index contributed by atoms with van der Waals surface area (Å²) in [5.74, 6) is 0.0138. The van der Waals surface area contributed by atoms with Crippen LogP contribution in [-0.2, 0) is 14.3 Å². The molecule has 0 aromatic heterocycles. The molecular formula is C15H30ClN3O3. The first-order chi connectivity index (χ1) is 10.1. The van der Waals surface area contributed by atoms with Crippen LogP contribution in [0.15, 0.2) is 0 Å². The van der Waals surface area contributed by atoms with Crippen LogP contribution in [-0.4, -0.2) is 56.1 Å². The van der Waals surface area contributed by atoms with Crippen LogP contribution in [0.1, 0.15) is 39.0 Å². The van der Waals surface area contributed by atoms with Gasteiger partial charge in [0, 0.05) is 33.3 Å². The van der Waals surface area contributed by atoms with Crippen LogP contribution < -0.4 is 11.1 Å². The number of halogens is 1. The van der Waals surface area contributed by atoms with Crippen molar-refractivity contribution in [2.45, 2.75) is 45.1 Å². The lowest BCUT2D eigenvalue weighted by Gasteiger charge is -2.32. The SMILES string of the molecule is CCCCNC(=O)C1CCCN(C(=O)CC(CN)OC)C1.Cl. The Morgan fingerprint density at radius 3 is 2.77 bits per heavy atom. The summed E-state index contributed by atoms with van der Waals surface area (Å²) in [6, 6.07) is 0. The predicted octanol–water partition coefficient (Wildman–Crippen LogP) is 0.927. The quantitative estimate of drug-likeness (QED) is 0.646. The number of hydrogen-bond acceptors (Lipinski definition) is 4. The number of likely N-dealkylation sites (tertiary alicyclic amines) is 1. The lowest BCUT2D eigenvalue weighted by molar-refractivity contribution is -0.137. The number of ether oxygens (including phenoxy) is 1. The molecule has 1 heterocycles. The van der Waals surface area contributed by atoms with E-state index in [2.05, 4.69) is 12.2 Å². The highest BCUT2D eigenvalue weighted by Gasteiger charge is 2.28. The first-order valence-corrected chi connectivity index (χ1v) is 7.90. The monoisotopic (exact) mass is 335 g/mol. The fourth-order valence-electron chi connectivity index (χ4n) is 2.54. The summed E-state index contributed by atoms with van der Waals surface area (Å²) < 4.78 is 5.15. The molecule has 0 spiro atoms. The molecule has 0 aliphatic carbocycles. The number of nitrogens with one attached hydrogen (secondary N) is 1. The van der Waals surface area contributed by atoms with Crippen LogP contribution in [0.4, 0.5) is 0 Å². The van der Waals surface area contributed by atoms with E-state index in [0.29, 0.717) is 13.1 Å². The molecule has 0 saturated carbocycles. The second-order valence-electron chi connectivity index (χ2n) is 5.62. The van der Waals surface area contributed by atoms with E-state index in [1.807, 2.05) is 0 Å². The Morgan fingerprint density at radius 1 is 1.45 bits per heavy atom. The lowest BCUT2D eigenvalue weighted by atomic mass is 9.96. The number of carbonyl (C=O) groups excluding carboxylic acids is 2. The third-order valence-corrected chi connectivity index (χ3v) is 3.97. The highest BCUT2D eigenvalue weighted by atomic mass is 35.5. The van der Waals surface area contributed by atoms with Crippen LogP contribution in [0, 0.1) is 5.92 Å². The largest absolute Gasteiger partial charge is 0.380 e. The summed E-state index contributed by atoms with van der Waals surface area (Å²) in [6.45, 7) is 4.38. The van der Waals surface area contributed by atoms with Crippen molar-refractivity contribution in [2.75, 3.05) is 33.3 Å². The molecule has 2 unspecified atom stereocenters. The van der Waals surface area contributed by atoms with Gasteiger partial charge in [0.2, 0.25) is 11.8 Å². The molecule has 130 valence electrons. The second-order valence-corrected chi connectivity index (χ2v) is 5.62. The van der Waals surface area contributed by atoms with Gasteiger partial charge in [-0.1, -0.05) is 13.3 Å². The molecule has 7 heteroatoms. The van der Waals surface area contributed by atoms with Crippen LogP contribution in [0.5, 0.6) is 0 Å². The average molecular weight is 336 g/mol. The summed E-state index contributed by atoms with van der Waals surface area (Å²) in [5.41, 5.74) is 5.54. The molecule has 2 amide bonds. The number of amides is 2. The number of carbonyl (C=O) groups is 2. The molecule has 1 fully saturated rings. The molecule has 3 N–H and O–H groups in total. The van der Waals surface area contributed by atoms with Gasteiger partial charge in [-0.25, -0.2) is 0 Å². The maximum Gasteiger partial charge on any atom is 0.225 e. The van der Waals surface area contributed by atoms with E-state index in [4.69, 9.17) is 10.5 Å². The van der Waals surface area contributed by atoms with Gasteiger partial charge in [0.1, 0.15) is 0 Å². The fraction of sp³-hybridized carbons (Fsp3) is 0.867. The van der Waals surface area contributed by atoms with Crippen molar-refractivity contribution in [1.29, 1.82) is 0 Å². The molecular weight excluding hydrogens is 306 g/mol. The molecule has 1 rings (SSSR count). The Kier molecular flexibility index (Phi) is 11.2. The van der Waals surface area contributed by atoms with Gasteiger partial charge in [-0.05, 0) is 19.3 Å². The standard InChI is InChI=1S/C15H29N3O3.ClH/c1-3-4-7-17-15(20)12-6-5-8-18(11-12)14(19)9-13(10-16)21-2;/h12-13H,3-11,16H2,1-2H3,(H,17,20);1H. The summed E-state index contributed by atoms with van der Waals surface area (Å²) in [6.07, 6.45) is 3.83. The molecule has 1 saturated heterocycles. The summed E-state index contributed by atoms with van der Waals surface area (Å²) in [5, 5.41) is 2.95. The minimum absolute atomic E-state index is 0. The first-order valence-electron chi connectivity index (χ1n) is 7.90. The van der Waals surface area contributed by atoms with E-state index in [-0.39, 0.29) is 42.7 Å². The van der Waals surface area contributed by atoms with Gasteiger partial charge in [-0.2, -0.15) is 0 Å². The van der Waals surface area contributed by atoms with Crippen molar-refractivity contribution in [3.8, 4) is 0 Å². The van der Waals surface area contributed by atoms with Crippen molar-refractivity contribution in [1.82, 2.24) is 10.2 Å². The Bertz CT molecular complexity index is 338. The third kappa shape index (κ3) is 6.94. The highest BCUT2D eigenvalue weighted by Crippen LogP contribution is 2.18. The third-order valence-electron chi connectivity index (χ3n) is 3.97. The molecule has 6 nitrogen and oxygen atoms in total. The van der Waals surface area contributed by atoms with Gasteiger partial charge in [0.25, 0.3) is 0 Å². The molecule has 2 atom stereocenters. The van der Waals surface area contributed by atoms with Crippen molar-refractivity contribution in [2.24, 2.45) is 11.7 Å². The zero-order valence-corrected chi connectivity index (χ0v) is 14.5. The van der Waals surface area contributed by atoms with E-state index in [0.717, 1.165) is 38.8 Å². The summed E-state index contributed by atoms with van der Waals surface area (Å²) in [4.78, 5) is 26.1. The number of nitrogens with two attached hydrogens (primary N) is 1. The Labute approximate surface area is 139 Å². The number of unbranched alkanes of at least 4 members (excludes halogenated alkanes) is 1. The number of methoxy groups -OCH3 is 1. The van der Waals surface area contributed by atoms with Gasteiger partial charge >= 0.3 is 0 Å². The number of nitrogens with zero attached hydrogens (tertiary/aromatic N) is 1. The van der Waals surface area contributed by atoms with Crippen LogP contribution in [0.2, 0.25) is 0 Å². The molecule has 0 aromatic carbocycles. The zero-order chi connectivity index (χ0) is 15.7. The minimum Gasteiger partial charge on any atom is -0.380 e. The van der Waals surface area contributed by atoms with Gasteiger partial charge in [0.05, 0.1) is 18.4 Å². The van der Waals surface area contributed by atoms with E-state index >= 15 is 0 Å². The van der Waals surface area contributed by atoms with Gasteiger partial charge in [-0.3, -0.25) is 9.59 Å². The highest BCUT2D eigenvalue weighted by molar-refractivity contribution is 5.85. The van der Waals surface area contributed by atoms with Gasteiger partial charge in [0.15, 0.2) is 0 Å². The average Bonchev–Trinajstić information content (AvgIpc) is 2.52. The normalized spacial score (nSPS) is 19.2. The van der Waals surface area contributed by atoms with E-state index in [9.17, 15) is 9.59 Å². The molecule has 0 aromatic rings. The number of hydrogen-bond donors (Lipinski definition) is 2. The van der Waals surface area contributed by atoms with E-state index < -0.39 is 0 Å². The molecule has 22 heavy (non-hydrogen) atoms. The maximum atomic E-state index is 12.2.